The molecule has 0 radical (unpaired) electrons. The molecule has 2 saturated carbocycles. The van der Waals surface area contributed by atoms with Crippen LogP contribution in [-0.4, -0.2) is 103 Å². The van der Waals surface area contributed by atoms with Gasteiger partial charge in [0.1, 0.15) is 15.9 Å². The Labute approximate surface area is 234 Å². The minimum absolute atomic E-state index is 0.0298. The molecule has 4 unspecified atom stereocenters. The molecule has 222 valence electrons. The van der Waals surface area contributed by atoms with Crippen LogP contribution >= 0.6 is 11.6 Å². The maximum atomic E-state index is 14.4. The summed E-state index contributed by atoms with van der Waals surface area (Å²) < 4.78 is 67.0. The van der Waals surface area contributed by atoms with Gasteiger partial charge in [0.05, 0.1) is 23.2 Å². The number of carbonyl (C=O) groups is 1. The fourth-order valence-corrected chi connectivity index (χ4v) is 10.5. The number of sulfone groups is 1. The number of piperidine rings is 1. The SMILES string of the molecule is CN(C(=O)[C@H]1CC12CCS(=O)(=O)CC2)[C@@H](C1CCC(N2CCCC3C2CNC2CC(Cl)NN23)CC1)C(F)(F)F. The van der Waals surface area contributed by atoms with Gasteiger partial charge in [-0.05, 0) is 75.7 Å². The molecular formula is C26H41ClF3N5O3S. The number of hydrazine groups is 1. The van der Waals surface area contributed by atoms with Gasteiger partial charge in [0.25, 0.3) is 0 Å². The van der Waals surface area contributed by atoms with E-state index in [0.29, 0.717) is 57.0 Å². The lowest BCUT2D eigenvalue weighted by Crippen LogP contribution is -2.70. The van der Waals surface area contributed by atoms with Crippen molar-refractivity contribution in [3.8, 4) is 0 Å². The molecular weight excluding hydrogens is 555 g/mol. The van der Waals surface area contributed by atoms with Crippen LogP contribution in [0.4, 0.5) is 13.2 Å². The normalized spacial score (nSPS) is 41.0. The van der Waals surface area contributed by atoms with Crippen LogP contribution in [0.5, 0.6) is 0 Å². The van der Waals surface area contributed by atoms with Crippen molar-refractivity contribution in [2.45, 2.75) is 106 Å². The van der Waals surface area contributed by atoms with Crippen LogP contribution in [-0.2, 0) is 14.6 Å². The van der Waals surface area contributed by atoms with Crippen LogP contribution in [0, 0.1) is 17.3 Å². The number of halogens is 4. The zero-order chi connectivity index (χ0) is 27.7. The maximum absolute atomic E-state index is 14.4. The first-order valence-electron chi connectivity index (χ1n) is 14.6. The van der Waals surface area contributed by atoms with E-state index in [1.807, 2.05) is 0 Å². The van der Waals surface area contributed by atoms with Crippen molar-refractivity contribution < 1.29 is 26.4 Å². The third kappa shape index (κ3) is 5.35. The molecule has 6 atom stereocenters. The number of carbonyl (C=O) groups excluding carboxylic acids is 1. The van der Waals surface area contributed by atoms with E-state index in [1.54, 1.807) is 0 Å². The highest BCUT2D eigenvalue weighted by molar-refractivity contribution is 7.91. The van der Waals surface area contributed by atoms with E-state index in [-0.39, 0.29) is 29.2 Å². The third-order valence-electron chi connectivity index (χ3n) is 10.8. The number of nitrogens with zero attached hydrogens (tertiary/aromatic N) is 3. The van der Waals surface area contributed by atoms with Crippen LogP contribution < -0.4 is 10.7 Å². The second kappa shape index (κ2) is 10.3. The second-order valence-corrected chi connectivity index (χ2v) is 15.8. The second-order valence-electron chi connectivity index (χ2n) is 13.0. The number of hydrogen-bond donors (Lipinski definition) is 2. The van der Waals surface area contributed by atoms with Crippen molar-refractivity contribution in [2.24, 2.45) is 17.3 Å². The third-order valence-corrected chi connectivity index (χ3v) is 12.8. The van der Waals surface area contributed by atoms with Gasteiger partial charge in [-0.3, -0.25) is 15.0 Å². The number of amides is 1. The van der Waals surface area contributed by atoms with Crippen molar-refractivity contribution in [3.05, 3.63) is 0 Å². The molecule has 0 aromatic heterocycles. The molecule has 6 aliphatic rings. The number of hydrogen-bond acceptors (Lipinski definition) is 7. The van der Waals surface area contributed by atoms with E-state index in [2.05, 4.69) is 20.7 Å². The highest BCUT2D eigenvalue weighted by atomic mass is 35.5. The van der Waals surface area contributed by atoms with E-state index >= 15 is 0 Å². The van der Waals surface area contributed by atoms with Gasteiger partial charge in [0, 0.05) is 44.1 Å². The summed E-state index contributed by atoms with van der Waals surface area (Å²) in [5, 5.41) is 5.88. The number of rotatable bonds is 4. The van der Waals surface area contributed by atoms with Gasteiger partial charge in [0.15, 0.2) is 0 Å². The fraction of sp³-hybridized carbons (Fsp3) is 0.962. The average molecular weight is 596 g/mol. The first-order chi connectivity index (χ1) is 18.4. The number of fused-ring (bicyclic) bond motifs is 3. The number of alkyl halides is 4. The van der Waals surface area contributed by atoms with Crippen molar-refractivity contribution in [3.63, 3.8) is 0 Å². The number of likely N-dealkylation sites (tertiary alicyclic amines) is 1. The monoisotopic (exact) mass is 595 g/mol. The summed E-state index contributed by atoms with van der Waals surface area (Å²) in [4.78, 5) is 16.8. The van der Waals surface area contributed by atoms with E-state index in [9.17, 15) is 26.4 Å². The highest BCUT2D eigenvalue weighted by Crippen LogP contribution is 2.60. The molecule has 6 fully saturated rings. The summed E-state index contributed by atoms with van der Waals surface area (Å²) in [5.41, 5.74) is 2.90. The Morgan fingerprint density at radius 2 is 1.79 bits per heavy atom. The van der Waals surface area contributed by atoms with Gasteiger partial charge in [0.2, 0.25) is 5.91 Å². The fourth-order valence-electron chi connectivity index (χ4n) is 8.60. The summed E-state index contributed by atoms with van der Waals surface area (Å²) in [6, 6.07) is -0.901. The Kier molecular flexibility index (Phi) is 7.48. The van der Waals surface area contributed by atoms with Gasteiger partial charge in [-0.2, -0.15) is 13.2 Å². The molecule has 1 spiro atoms. The van der Waals surface area contributed by atoms with E-state index in [4.69, 9.17) is 11.6 Å². The van der Waals surface area contributed by atoms with Crippen LogP contribution in [0.3, 0.4) is 0 Å². The Morgan fingerprint density at radius 3 is 2.46 bits per heavy atom. The quantitative estimate of drug-likeness (QED) is 0.382. The molecule has 4 heterocycles. The summed E-state index contributed by atoms with van der Waals surface area (Å²) in [7, 11) is -1.78. The van der Waals surface area contributed by atoms with Gasteiger partial charge in [-0.25, -0.2) is 18.9 Å². The van der Waals surface area contributed by atoms with E-state index in [1.165, 1.54) is 7.05 Å². The lowest BCUT2D eigenvalue weighted by Gasteiger charge is -2.53. The largest absolute Gasteiger partial charge is 0.409 e. The molecule has 0 aromatic carbocycles. The summed E-state index contributed by atoms with van der Waals surface area (Å²) in [6.45, 7) is 1.82. The van der Waals surface area contributed by atoms with E-state index in [0.717, 1.165) is 37.3 Å². The van der Waals surface area contributed by atoms with Gasteiger partial charge >= 0.3 is 6.18 Å². The topological polar surface area (TPSA) is 85.0 Å². The van der Waals surface area contributed by atoms with Gasteiger partial charge in [-0.15, -0.1) is 11.6 Å². The van der Waals surface area contributed by atoms with Crippen LogP contribution in [0.25, 0.3) is 0 Å². The standard InChI is InChI=1S/C26H41ClF3N5O3S/c1-33(24(36)18-14-25(18)8-11-39(37,38)12-9-25)23(26(28,29)30)16-4-6-17(7-5-16)34-10-2-3-19-20(34)15-31-22-13-21(27)32-35(19)22/h16-23,31-32H,2-15H2,1H3/t16?,17?,18-,19?,20?,21?,22?,23+/m1/s1. The molecule has 6 rings (SSSR count). The van der Waals surface area contributed by atoms with Gasteiger partial charge < -0.3 is 4.90 Å². The first-order valence-corrected chi connectivity index (χ1v) is 16.9. The Balaban J connectivity index is 1.09. The van der Waals surface area contributed by atoms with Crippen molar-refractivity contribution in [1.29, 1.82) is 0 Å². The molecule has 4 saturated heterocycles. The molecule has 2 aliphatic carbocycles. The lowest BCUT2D eigenvalue weighted by atomic mass is 9.78. The number of nitrogens with one attached hydrogen (secondary N) is 2. The first kappa shape index (κ1) is 28.5. The minimum atomic E-state index is -4.50. The molecule has 39 heavy (non-hydrogen) atoms. The van der Waals surface area contributed by atoms with Gasteiger partial charge in [-0.1, -0.05) is 0 Å². The molecule has 8 nitrogen and oxygen atoms in total. The molecule has 13 heteroatoms. The predicted molar refractivity (Wildman–Crippen MR) is 141 cm³/mol. The average Bonchev–Trinajstić information content (AvgIpc) is 3.46. The minimum Gasteiger partial charge on any atom is -0.333 e. The molecule has 0 aromatic rings. The Morgan fingerprint density at radius 1 is 1.10 bits per heavy atom. The molecule has 4 aliphatic heterocycles. The zero-order valence-corrected chi connectivity index (χ0v) is 24.1. The lowest BCUT2D eigenvalue weighted by molar-refractivity contribution is -0.202. The highest BCUT2D eigenvalue weighted by Gasteiger charge is 2.62. The summed E-state index contributed by atoms with van der Waals surface area (Å²) in [5.74, 6) is -1.51. The van der Waals surface area contributed by atoms with Crippen molar-refractivity contribution in [2.75, 3.05) is 31.6 Å². The summed E-state index contributed by atoms with van der Waals surface area (Å²) >= 11 is 6.36. The molecule has 0 bridgehead atoms. The van der Waals surface area contributed by atoms with Crippen molar-refractivity contribution >= 4 is 27.3 Å². The van der Waals surface area contributed by atoms with E-state index < -0.39 is 45.2 Å². The smallest absolute Gasteiger partial charge is 0.333 e. The predicted octanol–water partition coefficient (Wildman–Crippen LogP) is 2.69. The molecule has 1 amide bonds. The molecule has 2 N–H and O–H groups in total. The zero-order valence-electron chi connectivity index (χ0n) is 22.5. The van der Waals surface area contributed by atoms with Crippen LogP contribution in [0.2, 0.25) is 0 Å². The Hall–Kier alpha value is -0.660. The van der Waals surface area contributed by atoms with Crippen LogP contribution in [0.1, 0.15) is 64.2 Å². The Bertz CT molecular complexity index is 1040. The van der Waals surface area contributed by atoms with Crippen LogP contribution in [0.15, 0.2) is 0 Å². The maximum Gasteiger partial charge on any atom is 0.409 e. The summed E-state index contributed by atoms with van der Waals surface area (Å²) in [6.07, 6.45) is 2.27. The van der Waals surface area contributed by atoms with Crippen molar-refractivity contribution in [1.82, 2.24) is 25.6 Å².